The molecule has 1 amide bonds. The quantitative estimate of drug-likeness (QED) is 0.553. The van der Waals surface area contributed by atoms with E-state index in [1.165, 1.54) is 17.6 Å². The van der Waals surface area contributed by atoms with Crippen molar-refractivity contribution in [2.24, 2.45) is 0 Å². The number of carbonyl (C=O) groups is 1. The SMILES string of the molecule is CC(C)(C)c1csc(NC(=O)c2coc(-c3ccc(Cl)c(Cl)c3)n2)c1C#N. The van der Waals surface area contributed by atoms with Gasteiger partial charge in [0.05, 0.1) is 15.6 Å². The predicted molar refractivity (Wildman–Crippen MR) is 108 cm³/mol. The van der Waals surface area contributed by atoms with E-state index in [9.17, 15) is 10.1 Å². The molecule has 0 fully saturated rings. The molecule has 2 heterocycles. The average Bonchev–Trinajstić information content (AvgIpc) is 3.23. The second kappa shape index (κ2) is 7.35. The summed E-state index contributed by atoms with van der Waals surface area (Å²) in [4.78, 5) is 16.7. The number of rotatable bonds is 3. The molecule has 0 bridgehead atoms. The molecular formula is C19H15Cl2N3O2S. The molecule has 0 unspecified atom stereocenters. The molecule has 1 aromatic carbocycles. The summed E-state index contributed by atoms with van der Waals surface area (Å²) in [6, 6.07) is 7.11. The average molecular weight is 420 g/mol. The summed E-state index contributed by atoms with van der Waals surface area (Å²) >= 11 is 13.2. The summed E-state index contributed by atoms with van der Waals surface area (Å²) < 4.78 is 5.39. The monoisotopic (exact) mass is 419 g/mol. The fraction of sp³-hybridized carbons (Fsp3) is 0.211. The number of oxazole rings is 1. The minimum atomic E-state index is -0.455. The van der Waals surface area contributed by atoms with Crippen molar-refractivity contribution < 1.29 is 9.21 Å². The Morgan fingerprint density at radius 3 is 2.67 bits per heavy atom. The van der Waals surface area contributed by atoms with Crippen LogP contribution >= 0.6 is 34.5 Å². The van der Waals surface area contributed by atoms with Gasteiger partial charge in [-0.15, -0.1) is 11.3 Å². The molecular weight excluding hydrogens is 405 g/mol. The number of anilines is 1. The Morgan fingerprint density at radius 1 is 1.30 bits per heavy atom. The van der Waals surface area contributed by atoms with E-state index in [2.05, 4.69) is 16.4 Å². The number of hydrogen-bond donors (Lipinski definition) is 1. The number of nitriles is 1. The first-order chi connectivity index (χ1) is 12.7. The smallest absolute Gasteiger partial charge is 0.278 e. The topological polar surface area (TPSA) is 78.9 Å². The lowest BCUT2D eigenvalue weighted by Gasteiger charge is -2.17. The van der Waals surface area contributed by atoms with Gasteiger partial charge in [-0.25, -0.2) is 4.98 Å². The van der Waals surface area contributed by atoms with E-state index >= 15 is 0 Å². The van der Waals surface area contributed by atoms with Crippen LogP contribution in [0, 0.1) is 11.3 Å². The Hall–Kier alpha value is -2.33. The number of benzene rings is 1. The van der Waals surface area contributed by atoms with Crippen molar-refractivity contribution in [3.05, 3.63) is 56.7 Å². The van der Waals surface area contributed by atoms with Gasteiger partial charge in [0.25, 0.3) is 5.91 Å². The number of amides is 1. The molecule has 0 aliphatic carbocycles. The van der Waals surface area contributed by atoms with Gasteiger partial charge >= 0.3 is 0 Å². The summed E-state index contributed by atoms with van der Waals surface area (Å²) in [5.41, 5.74) is 1.87. The molecule has 0 saturated heterocycles. The Balaban J connectivity index is 1.84. The van der Waals surface area contributed by atoms with Crippen molar-refractivity contribution in [2.75, 3.05) is 5.32 Å². The highest BCUT2D eigenvalue weighted by atomic mass is 35.5. The Labute approximate surface area is 170 Å². The standard InChI is InChI=1S/C19H15Cl2N3O2S/c1-19(2,3)12-9-27-18(11(12)7-22)24-16(25)15-8-26-17(23-15)10-4-5-13(20)14(21)6-10/h4-6,8-9H,1-3H3,(H,24,25). The summed E-state index contributed by atoms with van der Waals surface area (Å²) in [5, 5.41) is 15.4. The maximum atomic E-state index is 12.5. The van der Waals surface area contributed by atoms with Crippen molar-refractivity contribution in [1.29, 1.82) is 5.26 Å². The minimum Gasteiger partial charge on any atom is -0.444 e. The van der Waals surface area contributed by atoms with Gasteiger partial charge in [0.2, 0.25) is 5.89 Å². The largest absolute Gasteiger partial charge is 0.444 e. The van der Waals surface area contributed by atoms with Crippen LogP contribution in [0.5, 0.6) is 0 Å². The van der Waals surface area contributed by atoms with Crippen LogP contribution in [0.1, 0.15) is 42.4 Å². The van der Waals surface area contributed by atoms with Crippen LogP contribution in [0.15, 0.2) is 34.3 Å². The number of carbonyl (C=O) groups excluding carboxylic acids is 1. The van der Waals surface area contributed by atoms with Crippen molar-refractivity contribution in [2.45, 2.75) is 26.2 Å². The normalized spacial score (nSPS) is 11.3. The molecule has 0 aliphatic rings. The van der Waals surface area contributed by atoms with Crippen LogP contribution < -0.4 is 5.32 Å². The molecule has 0 spiro atoms. The number of nitrogens with one attached hydrogen (secondary N) is 1. The maximum Gasteiger partial charge on any atom is 0.278 e. The zero-order chi connectivity index (χ0) is 19.8. The van der Waals surface area contributed by atoms with Crippen LogP contribution in [0.3, 0.4) is 0 Å². The van der Waals surface area contributed by atoms with Gasteiger partial charge in [0.15, 0.2) is 5.69 Å². The maximum absolute atomic E-state index is 12.5. The minimum absolute atomic E-state index is 0.102. The van der Waals surface area contributed by atoms with E-state index < -0.39 is 5.91 Å². The molecule has 27 heavy (non-hydrogen) atoms. The third kappa shape index (κ3) is 4.01. The van der Waals surface area contributed by atoms with Crippen molar-refractivity contribution in [3.63, 3.8) is 0 Å². The Bertz CT molecular complexity index is 1060. The van der Waals surface area contributed by atoms with Gasteiger partial charge in [0.1, 0.15) is 17.3 Å². The number of hydrogen-bond acceptors (Lipinski definition) is 5. The lowest BCUT2D eigenvalue weighted by Crippen LogP contribution is -2.14. The fourth-order valence-corrected chi connectivity index (χ4v) is 3.85. The van der Waals surface area contributed by atoms with E-state index in [1.54, 1.807) is 18.2 Å². The molecule has 0 aliphatic heterocycles. The van der Waals surface area contributed by atoms with Gasteiger partial charge in [-0.2, -0.15) is 5.26 Å². The summed E-state index contributed by atoms with van der Waals surface area (Å²) in [7, 11) is 0. The third-order valence-corrected chi connectivity index (χ3v) is 5.48. The van der Waals surface area contributed by atoms with E-state index in [0.717, 1.165) is 5.56 Å². The third-order valence-electron chi connectivity index (χ3n) is 3.84. The molecule has 1 N–H and O–H groups in total. The van der Waals surface area contributed by atoms with E-state index in [0.29, 0.717) is 26.2 Å². The van der Waals surface area contributed by atoms with Crippen molar-refractivity contribution in [1.82, 2.24) is 4.98 Å². The zero-order valence-electron chi connectivity index (χ0n) is 14.8. The molecule has 0 atom stereocenters. The molecule has 8 heteroatoms. The first-order valence-electron chi connectivity index (χ1n) is 7.95. The van der Waals surface area contributed by atoms with Gasteiger partial charge in [-0.05, 0) is 34.6 Å². The molecule has 0 saturated carbocycles. The van der Waals surface area contributed by atoms with E-state index in [1.807, 2.05) is 26.2 Å². The summed E-state index contributed by atoms with van der Waals surface area (Å²) in [6.45, 7) is 6.05. The second-order valence-electron chi connectivity index (χ2n) is 6.84. The van der Waals surface area contributed by atoms with Crippen LogP contribution in [0.2, 0.25) is 10.0 Å². The number of halogens is 2. The predicted octanol–water partition coefficient (Wildman–Crippen LogP) is 6.13. The van der Waals surface area contributed by atoms with Gasteiger partial charge in [0, 0.05) is 5.56 Å². The van der Waals surface area contributed by atoms with E-state index in [4.69, 9.17) is 27.6 Å². The van der Waals surface area contributed by atoms with Crippen molar-refractivity contribution >= 4 is 45.4 Å². The Kier molecular flexibility index (Phi) is 5.29. The lowest BCUT2D eigenvalue weighted by atomic mass is 9.86. The highest BCUT2D eigenvalue weighted by Gasteiger charge is 2.24. The first-order valence-corrected chi connectivity index (χ1v) is 9.58. The molecule has 2 aromatic heterocycles. The van der Waals surface area contributed by atoms with Crippen LogP contribution in [0.4, 0.5) is 5.00 Å². The number of nitrogens with zero attached hydrogens (tertiary/aromatic N) is 2. The molecule has 138 valence electrons. The summed E-state index contributed by atoms with van der Waals surface area (Å²) in [6.07, 6.45) is 1.26. The van der Waals surface area contributed by atoms with E-state index in [-0.39, 0.29) is 17.0 Å². The van der Waals surface area contributed by atoms with Gasteiger partial charge in [-0.1, -0.05) is 44.0 Å². The zero-order valence-corrected chi connectivity index (χ0v) is 17.1. The number of aromatic nitrogens is 1. The molecule has 3 rings (SSSR count). The molecule has 0 radical (unpaired) electrons. The molecule has 3 aromatic rings. The van der Waals surface area contributed by atoms with Crippen LogP contribution in [-0.4, -0.2) is 10.9 Å². The second-order valence-corrected chi connectivity index (χ2v) is 8.53. The number of thiophene rings is 1. The van der Waals surface area contributed by atoms with Gasteiger partial charge < -0.3 is 9.73 Å². The Morgan fingerprint density at radius 2 is 2.04 bits per heavy atom. The lowest BCUT2D eigenvalue weighted by molar-refractivity contribution is 0.102. The fourth-order valence-electron chi connectivity index (χ4n) is 2.42. The molecule has 5 nitrogen and oxygen atoms in total. The summed E-state index contributed by atoms with van der Waals surface area (Å²) in [5.74, 6) is -0.204. The van der Waals surface area contributed by atoms with Gasteiger partial charge in [-0.3, -0.25) is 4.79 Å². The van der Waals surface area contributed by atoms with Crippen LogP contribution in [-0.2, 0) is 5.41 Å². The van der Waals surface area contributed by atoms with Crippen LogP contribution in [0.25, 0.3) is 11.5 Å². The highest BCUT2D eigenvalue weighted by Crippen LogP contribution is 2.36. The van der Waals surface area contributed by atoms with Crippen molar-refractivity contribution in [3.8, 4) is 17.5 Å². The highest BCUT2D eigenvalue weighted by molar-refractivity contribution is 7.14. The first kappa shape index (κ1) is 19.4.